The lowest BCUT2D eigenvalue weighted by Crippen LogP contribution is -2.41. The third kappa shape index (κ3) is 4.78. The van der Waals surface area contributed by atoms with E-state index in [0.717, 1.165) is 11.3 Å². The van der Waals surface area contributed by atoms with Gasteiger partial charge in [0.25, 0.3) is 0 Å². The third-order valence-electron chi connectivity index (χ3n) is 2.70. The van der Waals surface area contributed by atoms with Crippen molar-refractivity contribution in [1.82, 2.24) is 4.72 Å². The molecule has 0 amide bonds. The van der Waals surface area contributed by atoms with Gasteiger partial charge in [-0.2, -0.15) is 0 Å². The van der Waals surface area contributed by atoms with Crippen LogP contribution in [-0.4, -0.2) is 32.7 Å². The fourth-order valence-corrected chi connectivity index (χ4v) is 4.20. The molecule has 1 heterocycles. The molecule has 3 N–H and O–H groups in total. The average molecular weight is 337 g/mol. The van der Waals surface area contributed by atoms with E-state index in [1.165, 1.54) is 6.07 Å². The van der Waals surface area contributed by atoms with E-state index < -0.39 is 10.0 Å². The minimum atomic E-state index is -3.57. The van der Waals surface area contributed by atoms with Crippen molar-refractivity contribution in [2.75, 3.05) is 13.2 Å². The van der Waals surface area contributed by atoms with Gasteiger partial charge in [-0.25, -0.2) is 13.1 Å². The monoisotopic (exact) mass is 336 g/mol. The summed E-state index contributed by atoms with van der Waals surface area (Å²) in [7, 11) is -3.57. The molecule has 5 nitrogen and oxygen atoms in total. The Morgan fingerprint density at radius 1 is 1.50 bits per heavy atom. The zero-order chi connectivity index (χ0) is 15.3. The molecule has 0 aliphatic rings. The Bertz CT molecular complexity index is 552. The van der Waals surface area contributed by atoms with E-state index in [9.17, 15) is 8.42 Å². The minimum absolute atomic E-state index is 0.131. The highest BCUT2D eigenvalue weighted by Crippen LogP contribution is 2.22. The summed E-state index contributed by atoms with van der Waals surface area (Å²) in [6, 6.07) is 2.86. The molecular weight excluding hydrogens is 316 g/mol. The highest BCUT2D eigenvalue weighted by molar-refractivity contribution is 7.91. The molecule has 1 aromatic rings. The maximum absolute atomic E-state index is 12.3. The first-order valence-electron chi connectivity index (χ1n) is 6.27. The van der Waals surface area contributed by atoms with Crippen LogP contribution in [0.2, 0.25) is 0 Å². The molecule has 1 unspecified atom stereocenters. The highest BCUT2D eigenvalue weighted by Gasteiger charge is 2.24. The van der Waals surface area contributed by atoms with Crippen LogP contribution in [-0.2, 0) is 14.8 Å². The van der Waals surface area contributed by atoms with Gasteiger partial charge in [0.15, 0.2) is 0 Å². The summed E-state index contributed by atoms with van der Waals surface area (Å²) in [6.07, 6.45) is 0. The number of nitrogens with two attached hydrogens (primary N) is 1. The van der Waals surface area contributed by atoms with Gasteiger partial charge in [-0.1, -0.05) is 26.1 Å². The number of hydrogen-bond acceptors (Lipinski definition) is 5. The fourth-order valence-electron chi connectivity index (χ4n) is 1.46. The van der Waals surface area contributed by atoms with Gasteiger partial charge < -0.3 is 10.5 Å². The molecule has 114 valence electrons. The predicted octanol–water partition coefficient (Wildman–Crippen LogP) is 1.72. The van der Waals surface area contributed by atoms with Gasteiger partial charge >= 0.3 is 0 Å². The van der Waals surface area contributed by atoms with Crippen LogP contribution in [0.4, 0.5) is 0 Å². The van der Waals surface area contributed by atoms with Crippen molar-refractivity contribution in [3.8, 4) is 0 Å². The second kappa shape index (κ2) is 7.46. The van der Waals surface area contributed by atoms with E-state index in [1.54, 1.807) is 6.07 Å². The predicted molar refractivity (Wildman–Crippen MR) is 85.6 cm³/mol. The van der Waals surface area contributed by atoms with Crippen molar-refractivity contribution in [2.24, 2.45) is 11.7 Å². The molecule has 8 heteroatoms. The summed E-state index contributed by atoms with van der Waals surface area (Å²) in [5, 5.41) is 0. The summed E-state index contributed by atoms with van der Waals surface area (Å²) in [6.45, 7) is 6.66. The lowest BCUT2D eigenvalue weighted by molar-refractivity contribution is 0.116. The van der Waals surface area contributed by atoms with Gasteiger partial charge in [0, 0.05) is 12.6 Å². The molecule has 20 heavy (non-hydrogen) atoms. The molecule has 0 spiro atoms. The highest BCUT2D eigenvalue weighted by atomic mass is 32.2. The van der Waals surface area contributed by atoms with Crippen molar-refractivity contribution < 1.29 is 13.2 Å². The molecule has 0 fully saturated rings. The first kappa shape index (κ1) is 17.5. The molecule has 0 saturated carbocycles. The number of rotatable bonds is 8. The molecule has 1 atom stereocenters. The lowest BCUT2D eigenvalue weighted by Gasteiger charge is -2.21. The van der Waals surface area contributed by atoms with Crippen molar-refractivity contribution in [3.05, 3.63) is 17.0 Å². The van der Waals surface area contributed by atoms with Gasteiger partial charge in [-0.05, 0) is 25.0 Å². The molecule has 0 aliphatic heterocycles. The Morgan fingerprint density at radius 2 is 2.15 bits per heavy atom. The normalized spacial score (nSPS) is 13.6. The van der Waals surface area contributed by atoms with Crippen LogP contribution in [0.1, 0.15) is 25.6 Å². The summed E-state index contributed by atoms with van der Waals surface area (Å²) in [4.78, 5) is 0.789. The average Bonchev–Trinajstić information content (AvgIpc) is 2.84. The number of nitrogens with one attached hydrogen (secondary N) is 1. The first-order chi connectivity index (χ1) is 9.27. The number of ether oxygens (including phenoxy) is 1. The van der Waals surface area contributed by atoms with Crippen LogP contribution >= 0.6 is 23.6 Å². The lowest BCUT2D eigenvalue weighted by atomic mass is 10.1. The molecular formula is C12H20N2O3S3. The standard InChI is InChI=1S/C12H20N2O3S3/c1-4-17-7-9(8(2)3)14-20(15,16)11-6-5-10(19-11)12(13)18/h5-6,8-9,14H,4,7H2,1-3H3,(H2,13,18). The van der Waals surface area contributed by atoms with Crippen LogP contribution < -0.4 is 10.5 Å². The summed E-state index contributed by atoms with van der Waals surface area (Å²) in [5.74, 6) is 0.131. The molecule has 1 aromatic heterocycles. The van der Waals surface area contributed by atoms with E-state index >= 15 is 0 Å². The van der Waals surface area contributed by atoms with Crippen molar-refractivity contribution in [1.29, 1.82) is 0 Å². The number of sulfonamides is 1. The maximum atomic E-state index is 12.3. The second-order valence-electron chi connectivity index (χ2n) is 4.61. The fraction of sp³-hybridized carbons (Fsp3) is 0.583. The quantitative estimate of drug-likeness (QED) is 0.707. The third-order valence-corrected chi connectivity index (χ3v) is 6.15. The number of hydrogen-bond donors (Lipinski definition) is 2. The maximum Gasteiger partial charge on any atom is 0.250 e. The van der Waals surface area contributed by atoms with Gasteiger partial charge in [0.2, 0.25) is 10.0 Å². The molecule has 1 rings (SSSR count). The van der Waals surface area contributed by atoms with Crippen LogP contribution in [0.25, 0.3) is 0 Å². The molecule has 0 bridgehead atoms. The second-order valence-corrected chi connectivity index (χ2v) is 8.08. The Labute approximate surface area is 129 Å². The SMILES string of the molecule is CCOCC(NS(=O)(=O)c1ccc(C(N)=S)s1)C(C)C. The van der Waals surface area contributed by atoms with E-state index in [2.05, 4.69) is 4.72 Å². The number of thiocarbonyl (C=S) groups is 1. The molecule has 0 saturated heterocycles. The van der Waals surface area contributed by atoms with Crippen LogP contribution in [0.15, 0.2) is 16.3 Å². The van der Waals surface area contributed by atoms with Gasteiger partial charge in [-0.15, -0.1) is 11.3 Å². The van der Waals surface area contributed by atoms with E-state index in [-0.39, 0.29) is 21.2 Å². The van der Waals surface area contributed by atoms with E-state index in [1.807, 2.05) is 20.8 Å². The van der Waals surface area contributed by atoms with E-state index in [0.29, 0.717) is 18.1 Å². The summed E-state index contributed by atoms with van der Waals surface area (Å²) in [5.41, 5.74) is 5.49. The minimum Gasteiger partial charge on any atom is -0.389 e. The van der Waals surface area contributed by atoms with Crippen molar-refractivity contribution >= 4 is 38.6 Å². The van der Waals surface area contributed by atoms with Crippen molar-refractivity contribution in [2.45, 2.75) is 31.0 Å². The van der Waals surface area contributed by atoms with Crippen LogP contribution in [0.3, 0.4) is 0 Å². The summed E-state index contributed by atoms with van der Waals surface area (Å²) >= 11 is 5.91. The van der Waals surface area contributed by atoms with E-state index in [4.69, 9.17) is 22.7 Å². The topological polar surface area (TPSA) is 81.4 Å². The Morgan fingerprint density at radius 3 is 2.60 bits per heavy atom. The smallest absolute Gasteiger partial charge is 0.250 e. The molecule has 0 aromatic carbocycles. The van der Waals surface area contributed by atoms with Crippen LogP contribution in [0.5, 0.6) is 0 Å². The van der Waals surface area contributed by atoms with Gasteiger partial charge in [0.05, 0.1) is 11.5 Å². The van der Waals surface area contributed by atoms with Crippen LogP contribution in [0, 0.1) is 5.92 Å². The largest absolute Gasteiger partial charge is 0.389 e. The van der Waals surface area contributed by atoms with Crippen molar-refractivity contribution in [3.63, 3.8) is 0 Å². The summed E-state index contributed by atoms with van der Waals surface area (Å²) < 4.78 is 32.8. The van der Waals surface area contributed by atoms with Gasteiger partial charge in [-0.3, -0.25) is 0 Å². The molecule has 0 aliphatic carbocycles. The zero-order valence-corrected chi connectivity index (χ0v) is 14.2. The Balaban J connectivity index is 2.88. The Hall–Kier alpha value is -0.540. The molecule has 0 radical (unpaired) electrons. The number of thiophene rings is 1. The Kier molecular flexibility index (Phi) is 6.53. The zero-order valence-electron chi connectivity index (χ0n) is 11.8. The first-order valence-corrected chi connectivity index (χ1v) is 8.98. The van der Waals surface area contributed by atoms with Gasteiger partial charge in [0.1, 0.15) is 9.20 Å².